The Labute approximate surface area is 290 Å². The van der Waals surface area contributed by atoms with Crippen LogP contribution >= 0.6 is 11.6 Å². The molecule has 0 spiro atoms. The number of aromatic nitrogens is 3. The zero-order valence-corrected chi connectivity index (χ0v) is 28.9. The van der Waals surface area contributed by atoms with Crippen molar-refractivity contribution in [3.8, 4) is 11.1 Å². The van der Waals surface area contributed by atoms with E-state index in [2.05, 4.69) is 30.8 Å². The second kappa shape index (κ2) is 15.1. The Morgan fingerprint density at radius 3 is 2.61 bits per heavy atom. The molecule has 0 radical (unpaired) electrons. The normalized spacial score (nSPS) is 17.8. The predicted molar refractivity (Wildman–Crippen MR) is 187 cm³/mol. The number of nitrogens with one attached hydrogen (secondary N) is 3. The first-order chi connectivity index (χ1) is 23.6. The molecular formula is C36H41ClFN7O4. The number of halogens is 2. The molecular weight excluding hydrogens is 649 g/mol. The Kier molecular flexibility index (Phi) is 10.7. The molecule has 1 saturated heterocycles. The molecule has 0 aliphatic carbocycles. The lowest BCUT2D eigenvalue weighted by Gasteiger charge is -2.27. The number of fused-ring (bicyclic) bond motifs is 1. The highest BCUT2D eigenvalue weighted by Gasteiger charge is 2.26. The summed E-state index contributed by atoms with van der Waals surface area (Å²) in [7, 11) is 5.48. The molecule has 6 rings (SSSR count). The number of hydrogen-bond acceptors (Lipinski definition) is 8. The number of benzene rings is 2. The number of methoxy groups -OCH3 is 1. The minimum atomic E-state index is -1.08. The summed E-state index contributed by atoms with van der Waals surface area (Å²) < 4.78 is 26.7. The average molecular weight is 690 g/mol. The Morgan fingerprint density at radius 2 is 1.84 bits per heavy atom. The number of nitrogens with zero attached hydrogens (tertiary/aromatic N) is 4. The monoisotopic (exact) mass is 689 g/mol. The van der Waals surface area contributed by atoms with Gasteiger partial charge in [0, 0.05) is 76.0 Å². The molecule has 11 nitrogen and oxygen atoms in total. The van der Waals surface area contributed by atoms with Gasteiger partial charge in [-0.2, -0.15) is 0 Å². The fourth-order valence-corrected chi connectivity index (χ4v) is 6.67. The molecule has 2 aromatic carbocycles. The smallest absolute Gasteiger partial charge is 0.291 e. The Balaban J connectivity index is 1.18. The van der Waals surface area contributed by atoms with Crippen LogP contribution in [0.5, 0.6) is 0 Å². The highest BCUT2D eigenvalue weighted by Crippen LogP contribution is 2.37. The second-order valence-corrected chi connectivity index (χ2v) is 12.9. The van der Waals surface area contributed by atoms with Crippen LogP contribution in [0.25, 0.3) is 11.1 Å². The molecule has 0 saturated carbocycles. The molecule has 3 N–H and O–H groups in total. The van der Waals surface area contributed by atoms with Gasteiger partial charge in [-0.25, -0.2) is 9.37 Å². The van der Waals surface area contributed by atoms with Gasteiger partial charge in [0.15, 0.2) is 5.82 Å². The van der Waals surface area contributed by atoms with E-state index in [-0.39, 0.29) is 36.8 Å². The lowest BCUT2D eigenvalue weighted by Crippen LogP contribution is -2.44. The Bertz CT molecular complexity index is 1870. The minimum absolute atomic E-state index is 0.0837. The zero-order chi connectivity index (χ0) is 34.7. The summed E-state index contributed by atoms with van der Waals surface area (Å²) in [6.07, 6.45) is 1.97. The molecule has 4 aromatic rings. The number of hydrogen-bond donors (Lipinski definition) is 3. The Hall–Kier alpha value is -4.20. The summed E-state index contributed by atoms with van der Waals surface area (Å²) >= 11 is 6.92. The van der Waals surface area contributed by atoms with Gasteiger partial charge in [-0.05, 0) is 60.8 Å². The summed E-state index contributed by atoms with van der Waals surface area (Å²) in [5, 5.41) is 9.56. The standard InChI is InChI=1S/C36H41ClFN7O4/c1-21-24(25-8-6-10-29(33(25)37)43-36(47)34-41-31-18-44(2)13-11-32(31)45(34)3)7-5-9-27(21)42-35(46)30-15-22(19-48-4)23(17-40-30)16-39-28-12-14-49-20-26(28)38/h5-10,15,17,26,28,39H,11-14,16,18-20H2,1-4H3,(H,42,46)(H,43,47)/t26-,28+/m1/s1. The van der Waals surface area contributed by atoms with Crippen molar-refractivity contribution in [1.29, 1.82) is 0 Å². The molecule has 1 fully saturated rings. The van der Waals surface area contributed by atoms with E-state index in [1.807, 2.05) is 55.9 Å². The molecule has 49 heavy (non-hydrogen) atoms. The van der Waals surface area contributed by atoms with E-state index in [1.54, 1.807) is 25.4 Å². The van der Waals surface area contributed by atoms with Crippen molar-refractivity contribution in [3.05, 3.63) is 93.3 Å². The van der Waals surface area contributed by atoms with Gasteiger partial charge in [0.2, 0.25) is 0 Å². The molecule has 2 atom stereocenters. The fraction of sp³-hybridized carbons (Fsp3) is 0.389. The van der Waals surface area contributed by atoms with E-state index in [4.69, 9.17) is 21.1 Å². The lowest BCUT2D eigenvalue weighted by molar-refractivity contribution is 0.0135. The van der Waals surface area contributed by atoms with Crippen molar-refractivity contribution in [1.82, 2.24) is 24.8 Å². The number of likely N-dealkylation sites (N-methyl/N-ethyl adjacent to an activating group) is 1. The van der Waals surface area contributed by atoms with Gasteiger partial charge in [0.1, 0.15) is 11.9 Å². The van der Waals surface area contributed by atoms with Crippen molar-refractivity contribution in [2.45, 2.75) is 51.7 Å². The van der Waals surface area contributed by atoms with Crippen LogP contribution in [0.4, 0.5) is 15.8 Å². The molecule has 2 aliphatic rings. The van der Waals surface area contributed by atoms with Crippen molar-refractivity contribution in [2.75, 3.05) is 44.5 Å². The third kappa shape index (κ3) is 7.53. The first-order valence-electron chi connectivity index (χ1n) is 16.3. The third-order valence-corrected chi connectivity index (χ3v) is 9.63. The topological polar surface area (TPSA) is 123 Å². The maximum absolute atomic E-state index is 14.3. The number of pyridine rings is 1. The van der Waals surface area contributed by atoms with Crippen LogP contribution < -0.4 is 16.0 Å². The second-order valence-electron chi connectivity index (χ2n) is 12.6. The molecule has 2 aromatic heterocycles. The van der Waals surface area contributed by atoms with Crippen molar-refractivity contribution in [2.24, 2.45) is 7.05 Å². The van der Waals surface area contributed by atoms with Crippen molar-refractivity contribution in [3.63, 3.8) is 0 Å². The summed E-state index contributed by atoms with van der Waals surface area (Å²) in [6, 6.07) is 12.4. The number of anilines is 2. The Morgan fingerprint density at radius 1 is 1.08 bits per heavy atom. The van der Waals surface area contributed by atoms with Crippen LogP contribution in [-0.2, 0) is 42.6 Å². The quantitative estimate of drug-likeness (QED) is 0.205. The van der Waals surface area contributed by atoms with Crippen molar-refractivity contribution >= 4 is 34.8 Å². The summed E-state index contributed by atoms with van der Waals surface area (Å²) in [5.74, 6) is -0.392. The molecule has 2 amide bonds. The minimum Gasteiger partial charge on any atom is -0.380 e. The number of rotatable bonds is 10. The molecule has 258 valence electrons. The fourth-order valence-electron chi connectivity index (χ4n) is 6.40. The lowest BCUT2D eigenvalue weighted by atomic mass is 9.98. The van der Waals surface area contributed by atoms with Crippen LogP contribution in [0.1, 0.15) is 55.6 Å². The SMILES string of the molecule is COCc1cc(C(=O)Nc2cccc(-c3cccc(NC(=O)c4nc5c(n4C)CCN(C)C5)c3Cl)c2C)ncc1CN[C@H]1CCOC[C@H]1F. The van der Waals surface area contributed by atoms with E-state index in [1.165, 1.54) is 0 Å². The van der Waals surface area contributed by atoms with E-state index < -0.39 is 6.17 Å². The van der Waals surface area contributed by atoms with E-state index in [9.17, 15) is 14.0 Å². The number of imidazole rings is 1. The highest BCUT2D eigenvalue weighted by atomic mass is 35.5. The average Bonchev–Trinajstić information content (AvgIpc) is 3.42. The largest absolute Gasteiger partial charge is 0.380 e. The van der Waals surface area contributed by atoms with Gasteiger partial charge in [-0.15, -0.1) is 0 Å². The first kappa shape index (κ1) is 34.7. The van der Waals surface area contributed by atoms with Crippen LogP contribution in [0.3, 0.4) is 0 Å². The zero-order valence-electron chi connectivity index (χ0n) is 28.1. The molecule has 2 aliphatic heterocycles. The first-order valence-corrected chi connectivity index (χ1v) is 16.7. The van der Waals surface area contributed by atoms with Crippen LogP contribution in [0.2, 0.25) is 5.02 Å². The third-order valence-electron chi connectivity index (χ3n) is 9.23. The van der Waals surface area contributed by atoms with E-state index in [0.29, 0.717) is 53.9 Å². The molecule has 0 unspecified atom stereocenters. The van der Waals surface area contributed by atoms with Crippen LogP contribution in [0, 0.1) is 6.92 Å². The van der Waals surface area contributed by atoms with E-state index in [0.717, 1.165) is 46.6 Å². The number of alkyl halides is 1. The molecule has 0 bridgehead atoms. The maximum atomic E-state index is 14.3. The van der Waals surface area contributed by atoms with Gasteiger partial charge in [0.25, 0.3) is 11.8 Å². The number of amides is 2. The number of carbonyl (C=O) groups excluding carboxylic acids is 2. The maximum Gasteiger partial charge on any atom is 0.291 e. The van der Waals surface area contributed by atoms with Crippen molar-refractivity contribution < 1.29 is 23.5 Å². The van der Waals surface area contributed by atoms with Gasteiger partial charge in [-0.1, -0.05) is 35.9 Å². The number of carbonyl (C=O) groups is 2. The molecule has 13 heteroatoms. The summed E-state index contributed by atoms with van der Waals surface area (Å²) in [4.78, 5) is 38.0. The van der Waals surface area contributed by atoms with Crippen LogP contribution in [-0.4, -0.2) is 77.4 Å². The summed E-state index contributed by atoms with van der Waals surface area (Å²) in [5.41, 5.74) is 7.14. The molecule has 4 heterocycles. The van der Waals surface area contributed by atoms with Gasteiger partial charge in [0.05, 0.1) is 29.6 Å². The van der Waals surface area contributed by atoms with Gasteiger partial charge >= 0.3 is 0 Å². The van der Waals surface area contributed by atoms with Crippen LogP contribution in [0.15, 0.2) is 48.7 Å². The van der Waals surface area contributed by atoms with Gasteiger partial charge < -0.3 is 34.9 Å². The number of ether oxygens (including phenoxy) is 2. The summed E-state index contributed by atoms with van der Waals surface area (Å²) in [6.45, 7) is 4.77. The van der Waals surface area contributed by atoms with Gasteiger partial charge in [-0.3, -0.25) is 14.6 Å². The predicted octanol–water partition coefficient (Wildman–Crippen LogP) is 5.30. The highest BCUT2D eigenvalue weighted by molar-refractivity contribution is 6.36. The van der Waals surface area contributed by atoms with E-state index >= 15 is 0 Å².